The zero-order valence-corrected chi connectivity index (χ0v) is 8.95. The van der Waals surface area contributed by atoms with Crippen LogP contribution in [-0.2, 0) is 9.59 Å². The maximum atomic E-state index is 11.4. The Labute approximate surface area is 89.0 Å². The van der Waals surface area contributed by atoms with Crippen LogP contribution in [0.3, 0.4) is 0 Å². The number of aliphatic carboxylic acids is 1. The van der Waals surface area contributed by atoms with Gasteiger partial charge in [0.1, 0.15) is 5.54 Å². The number of hydrogen-bond acceptors (Lipinski definition) is 3. The molecule has 0 aromatic carbocycles. The lowest BCUT2D eigenvalue weighted by Gasteiger charge is -2.34. The zero-order valence-electron chi connectivity index (χ0n) is 8.95. The molecule has 0 aliphatic heterocycles. The molecule has 0 spiro atoms. The van der Waals surface area contributed by atoms with Crippen molar-refractivity contribution in [2.24, 2.45) is 5.73 Å². The van der Waals surface area contributed by atoms with E-state index in [9.17, 15) is 9.59 Å². The van der Waals surface area contributed by atoms with Gasteiger partial charge in [0.25, 0.3) is 0 Å². The monoisotopic (exact) mass is 214 g/mol. The number of nitrogens with two attached hydrogens (primary N) is 1. The van der Waals surface area contributed by atoms with Gasteiger partial charge in [-0.05, 0) is 19.8 Å². The second-order valence-electron chi connectivity index (χ2n) is 4.23. The van der Waals surface area contributed by atoms with Gasteiger partial charge in [-0.3, -0.25) is 4.79 Å². The normalized spacial score (nSPS) is 21.7. The van der Waals surface area contributed by atoms with Crippen molar-refractivity contribution in [1.82, 2.24) is 5.32 Å². The summed E-state index contributed by atoms with van der Waals surface area (Å²) in [5, 5.41) is 11.7. The van der Waals surface area contributed by atoms with Crippen molar-refractivity contribution >= 4 is 11.9 Å². The Kier molecular flexibility index (Phi) is 3.68. The SMILES string of the molecule is C[C@@H](N)C(=O)NC1(C(=O)O)CCCCC1. The average Bonchev–Trinajstić information content (AvgIpc) is 2.18. The fraction of sp³-hybridized carbons (Fsp3) is 0.800. The summed E-state index contributed by atoms with van der Waals surface area (Å²) in [6, 6.07) is -0.664. The van der Waals surface area contributed by atoms with Gasteiger partial charge in [-0.25, -0.2) is 4.79 Å². The van der Waals surface area contributed by atoms with Gasteiger partial charge in [-0.2, -0.15) is 0 Å². The third kappa shape index (κ3) is 2.68. The fourth-order valence-electron chi connectivity index (χ4n) is 1.90. The first-order chi connectivity index (χ1) is 6.98. The van der Waals surface area contributed by atoms with E-state index in [1.165, 1.54) is 0 Å². The van der Waals surface area contributed by atoms with Gasteiger partial charge in [0.15, 0.2) is 0 Å². The lowest BCUT2D eigenvalue weighted by atomic mass is 9.81. The summed E-state index contributed by atoms with van der Waals surface area (Å²) < 4.78 is 0. The molecule has 1 aliphatic rings. The summed E-state index contributed by atoms with van der Waals surface area (Å²) in [4.78, 5) is 22.6. The van der Waals surface area contributed by atoms with Crippen LogP contribution >= 0.6 is 0 Å². The van der Waals surface area contributed by atoms with Crippen molar-refractivity contribution in [3.05, 3.63) is 0 Å². The average molecular weight is 214 g/mol. The second-order valence-corrected chi connectivity index (χ2v) is 4.23. The molecule has 1 fully saturated rings. The van der Waals surface area contributed by atoms with Crippen molar-refractivity contribution in [2.75, 3.05) is 0 Å². The number of amides is 1. The van der Waals surface area contributed by atoms with E-state index in [-0.39, 0.29) is 5.91 Å². The highest BCUT2D eigenvalue weighted by Gasteiger charge is 2.41. The first kappa shape index (κ1) is 12.0. The smallest absolute Gasteiger partial charge is 0.329 e. The van der Waals surface area contributed by atoms with Gasteiger partial charge in [0.05, 0.1) is 6.04 Å². The summed E-state index contributed by atoms with van der Waals surface area (Å²) in [6.45, 7) is 1.55. The van der Waals surface area contributed by atoms with E-state index in [1.807, 2.05) is 0 Å². The van der Waals surface area contributed by atoms with Crippen LogP contribution < -0.4 is 11.1 Å². The molecule has 0 bridgehead atoms. The van der Waals surface area contributed by atoms with Gasteiger partial charge in [-0.15, -0.1) is 0 Å². The molecule has 1 aliphatic carbocycles. The van der Waals surface area contributed by atoms with Crippen molar-refractivity contribution in [3.63, 3.8) is 0 Å². The molecule has 1 atom stereocenters. The molecular formula is C10H18N2O3. The quantitative estimate of drug-likeness (QED) is 0.627. The highest BCUT2D eigenvalue weighted by atomic mass is 16.4. The Morgan fingerprint density at radius 1 is 1.33 bits per heavy atom. The summed E-state index contributed by atoms with van der Waals surface area (Å²) in [6.07, 6.45) is 3.71. The molecule has 0 heterocycles. The van der Waals surface area contributed by atoms with Crippen LogP contribution in [0.1, 0.15) is 39.0 Å². The molecule has 5 nitrogen and oxygen atoms in total. The van der Waals surface area contributed by atoms with Crippen LogP contribution in [0.4, 0.5) is 0 Å². The minimum Gasteiger partial charge on any atom is -0.480 e. The van der Waals surface area contributed by atoms with Crippen molar-refractivity contribution in [1.29, 1.82) is 0 Å². The third-order valence-corrected chi connectivity index (χ3v) is 2.89. The lowest BCUT2D eigenvalue weighted by Crippen LogP contribution is -2.58. The van der Waals surface area contributed by atoms with E-state index >= 15 is 0 Å². The van der Waals surface area contributed by atoms with Crippen molar-refractivity contribution in [3.8, 4) is 0 Å². The molecule has 5 heteroatoms. The third-order valence-electron chi connectivity index (χ3n) is 2.89. The minimum absolute atomic E-state index is 0.390. The fourth-order valence-corrected chi connectivity index (χ4v) is 1.90. The molecule has 0 radical (unpaired) electrons. The van der Waals surface area contributed by atoms with Crippen LogP contribution in [0.2, 0.25) is 0 Å². The van der Waals surface area contributed by atoms with Crippen LogP contribution in [0, 0.1) is 0 Å². The maximum absolute atomic E-state index is 11.4. The number of carboxylic acid groups (broad SMARTS) is 1. The minimum atomic E-state index is -1.08. The predicted molar refractivity (Wildman–Crippen MR) is 55.2 cm³/mol. The van der Waals surface area contributed by atoms with Crippen molar-refractivity contribution < 1.29 is 14.7 Å². The molecule has 0 aromatic heterocycles. The molecule has 0 aromatic rings. The molecule has 0 unspecified atom stereocenters. The Bertz CT molecular complexity index is 257. The number of carboxylic acids is 1. The summed E-state index contributed by atoms with van der Waals surface area (Å²) in [7, 11) is 0. The molecule has 1 saturated carbocycles. The van der Waals surface area contributed by atoms with Crippen LogP contribution in [0.5, 0.6) is 0 Å². The van der Waals surface area contributed by atoms with Gasteiger partial charge < -0.3 is 16.2 Å². The van der Waals surface area contributed by atoms with Gasteiger partial charge in [0, 0.05) is 0 Å². The number of nitrogens with one attached hydrogen (secondary N) is 1. The number of hydrogen-bond donors (Lipinski definition) is 3. The van der Waals surface area contributed by atoms with Gasteiger partial charge in [-0.1, -0.05) is 19.3 Å². The Morgan fingerprint density at radius 2 is 1.87 bits per heavy atom. The maximum Gasteiger partial charge on any atom is 0.329 e. The van der Waals surface area contributed by atoms with E-state index < -0.39 is 17.6 Å². The van der Waals surface area contributed by atoms with E-state index in [0.717, 1.165) is 19.3 Å². The number of rotatable bonds is 3. The second kappa shape index (κ2) is 4.61. The molecule has 86 valence electrons. The molecule has 4 N–H and O–H groups in total. The predicted octanol–water partition coefficient (Wildman–Crippen LogP) is 0.237. The van der Waals surface area contributed by atoms with E-state index in [1.54, 1.807) is 6.92 Å². The Balaban J connectivity index is 2.73. The summed E-state index contributed by atoms with van der Waals surface area (Å²) >= 11 is 0. The zero-order chi connectivity index (χ0) is 11.5. The van der Waals surface area contributed by atoms with Crippen LogP contribution in [0.25, 0.3) is 0 Å². The standard InChI is InChI=1S/C10H18N2O3/c1-7(11)8(13)12-10(9(14)15)5-3-2-4-6-10/h7H,2-6,11H2,1H3,(H,12,13)(H,14,15)/t7-/m1/s1. The van der Waals surface area contributed by atoms with E-state index in [0.29, 0.717) is 12.8 Å². The molecule has 15 heavy (non-hydrogen) atoms. The van der Waals surface area contributed by atoms with Crippen LogP contribution in [-0.4, -0.2) is 28.6 Å². The lowest BCUT2D eigenvalue weighted by molar-refractivity contribution is -0.149. The van der Waals surface area contributed by atoms with Crippen molar-refractivity contribution in [2.45, 2.75) is 50.6 Å². The summed E-state index contributed by atoms with van der Waals surface area (Å²) in [5.41, 5.74) is 4.33. The Hall–Kier alpha value is -1.10. The van der Waals surface area contributed by atoms with E-state index in [4.69, 9.17) is 10.8 Å². The topological polar surface area (TPSA) is 92.4 Å². The van der Waals surface area contributed by atoms with Crippen LogP contribution in [0.15, 0.2) is 0 Å². The van der Waals surface area contributed by atoms with Gasteiger partial charge >= 0.3 is 5.97 Å². The largest absolute Gasteiger partial charge is 0.480 e. The van der Waals surface area contributed by atoms with Gasteiger partial charge in [0.2, 0.25) is 5.91 Å². The molecular weight excluding hydrogens is 196 g/mol. The molecule has 0 saturated heterocycles. The highest BCUT2D eigenvalue weighted by molar-refractivity contribution is 5.89. The first-order valence-electron chi connectivity index (χ1n) is 5.29. The van der Waals surface area contributed by atoms with E-state index in [2.05, 4.69) is 5.32 Å². The number of carbonyl (C=O) groups excluding carboxylic acids is 1. The molecule has 1 rings (SSSR count). The summed E-state index contributed by atoms with van der Waals surface area (Å²) in [5.74, 6) is -1.34. The molecule has 1 amide bonds. The number of carbonyl (C=O) groups is 2. The Morgan fingerprint density at radius 3 is 2.27 bits per heavy atom. The highest BCUT2D eigenvalue weighted by Crippen LogP contribution is 2.28. The first-order valence-corrected chi connectivity index (χ1v) is 5.29.